The maximum absolute atomic E-state index is 11.4. The summed E-state index contributed by atoms with van der Waals surface area (Å²) in [5.41, 5.74) is -0.102. The third-order valence-corrected chi connectivity index (χ3v) is 3.10. The number of halogens is 2. The molecule has 6 heteroatoms. The normalized spacial score (nSPS) is 10.9. The van der Waals surface area contributed by atoms with E-state index in [4.69, 9.17) is 0 Å². The van der Waals surface area contributed by atoms with Gasteiger partial charge in [-0.2, -0.15) is 0 Å². The molecule has 15 heavy (non-hydrogen) atoms. The van der Waals surface area contributed by atoms with Crippen LogP contribution >= 0.6 is 31.9 Å². The van der Waals surface area contributed by atoms with E-state index in [0.29, 0.717) is 15.4 Å². The van der Waals surface area contributed by atoms with Crippen molar-refractivity contribution in [2.45, 2.75) is 0 Å². The van der Waals surface area contributed by atoms with Gasteiger partial charge in [-0.15, -0.1) is 0 Å². The van der Waals surface area contributed by atoms with Gasteiger partial charge in [-0.1, -0.05) is 15.9 Å². The van der Waals surface area contributed by atoms with E-state index in [1.165, 1.54) is 4.57 Å². The Hall–Kier alpha value is -0.880. The molecular formula is C9H5Br2NO3. The smallest absolute Gasteiger partial charge is 0.372 e. The minimum absolute atomic E-state index is 0.360. The molecule has 0 aliphatic carbocycles. The third-order valence-electron chi connectivity index (χ3n) is 2.04. The van der Waals surface area contributed by atoms with Crippen molar-refractivity contribution in [3.05, 3.63) is 42.0 Å². The molecule has 1 aromatic heterocycles. The summed E-state index contributed by atoms with van der Waals surface area (Å²) in [6.45, 7) is 0. The zero-order chi connectivity index (χ0) is 11.2. The van der Waals surface area contributed by atoms with Gasteiger partial charge in [-0.3, -0.25) is 4.57 Å². The molecule has 0 bridgehead atoms. The predicted octanol–water partition coefficient (Wildman–Crippen LogP) is 2.02. The highest BCUT2D eigenvalue weighted by atomic mass is 79.9. The van der Waals surface area contributed by atoms with Crippen LogP contribution in [0.2, 0.25) is 0 Å². The summed E-state index contributed by atoms with van der Waals surface area (Å²) < 4.78 is 7.24. The molecule has 2 rings (SSSR count). The first-order valence-electron chi connectivity index (χ1n) is 3.99. The van der Waals surface area contributed by atoms with Crippen LogP contribution in [0, 0.1) is 0 Å². The number of fused-ring (bicyclic) bond motifs is 1. The van der Waals surface area contributed by atoms with Gasteiger partial charge in [0.1, 0.15) is 0 Å². The lowest BCUT2D eigenvalue weighted by Gasteiger charge is -2.04. The molecule has 1 heterocycles. The molecule has 0 amide bonds. The second-order valence-corrected chi connectivity index (χ2v) is 4.77. The Morgan fingerprint density at radius 2 is 1.93 bits per heavy atom. The van der Waals surface area contributed by atoms with Crippen LogP contribution in [0.25, 0.3) is 10.9 Å². The summed E-state index contributed by atoms with van der Waals surface area (Å²) in [6, 6.07) is 3.38. The Morgan fingerprint density at radius 3 is 2.60 bits per heavy atom. The lowest BCUT2D eigenvalue weighted by Crippen LogP contribution is -2.22. The lowest BCUT2D eigenvalue weighted by molar-refractivity contribution is 0.432. The van der Waals surface area contributed by atoms with Crippen molar-refractivity contribution >= 4 is 42.8 Å². The quantitative estimate of drug-likeness (QED) is 0.740. The molecule has 0 fully saturated rings. The molecule has 1 aromatic carbocycles. The molecule has 0 unspecified atom stereocenters. The SMILES string of the molecule is Cn1c(=O)oc(=O)c2cc(Br)cc(Br)c21. The molecule has 0 N–H and O–H groups in total. The van der Waals surface area contributed by atoms with Crippen LogP contribution in [0.5, 0.6) is 0 Å². The maximum Gasteiger partial charge on any atom is 0.422 e. The average molecular weight is 335 g/mol. The van der Waals surface area contributed by atoms with Crippen LogP contribution in [0.4, 0.5) is 0 Å². The summed E-state index contributed by atoms with van der Waals surface area (Å²) in [5, 5.41) is 0.360. The van der Waals surface area contributed by atoms with Crippen molar-refractivity contribution < 1.29 is 4.42 Å². The van der Waals surface area contributed by atoms with Crippen LogP contribution in [0.3, 0.4) is 0 Å². The van der Waals surface area contributed by atoms with Gasteiger partial charge in [-0.25, -0.2) is 9.59 Å². The Kier molecular flexibility index (Phi) is 2.56. The molecule has 2 aromatic rings. The highest BCUT2D eigenvalue weighted by molar-refractivity contribution is 9.11. The van der Waals surface area contributed by atoms with Gasteiger partial charge in [0.2, 0.25) is 0 Å². The average Bonchev–Trinajstić information content (AvgIpc) is 2.13. The Balaban J connectivity index is 3.17. The molecule has 0 aliphatic rings. The number of benzene rings is 1. The fraction of sp³-hybridized carbons (Fsp3) is 0.111. The number of rotatable bonds is 0. The number of hydrogen-bond donors (Lipinski definition) is 0. The first-order valence-corrected chi connectivity index (χ1v) is 5.58. The molecule has 0 saturated heterocycles. The van der Waals surface area contributed by atoms with Gasteiger partial charge in [-0.05, 0) is 28.1 Å². The zero-order valence-corrected chi connectivity index (χ0v) is 10.8. The number of nitrogens with zero attached hydrogens (tertiary/aromatic N) is 1. The number of aryl methyl sites for hydroxylation is 1. The molecular weight excluding hydrogens is 330 g/mol. The van der Waals surface area contributed by atoms with Gasteiger partial charge in [0.25, 0.3) is 0 Å². The van der Waals surface area contributed by atoms with Crippen molar-refractivity contribution in [3.8, 4) is 0 Å². The van der Waals surface area contributed by atoms with Crippen LogP contribution in [-0.2, 0) is 7.05 Å². The second-order valence-electron chi connectivity index (χ2n) is 3.00. The molecule has 78 valence electrons. The Labute approximate surface area is 101 Å². The van der Waals surface area contributed by atoms with Gasteiger partial charge in [0, 0.05) is 16.0 Å². The Morgan fingerprint density at radius 1 is 1.27 bits per heavy atom. The predicted molar refractivity (Wildman–Crippen MR) is 63.1 cm³/mol. The topological polar surface area (TPSA) is 52.2 Å². The fourth-order valence-electron chi connectivity index (χ4n) is 1.36. The van der Waals surface area contributed by atoms with Crippen LogP contribution in [0.15, 0.2) is 35.1 Å². The number of hydrogen-bond acceptors (Lipinski definition) is 3. The summed E-state index contributed by atoms with van der Waals surface area (Å²) in [4.78, 5) is 22.7. The summed E-state index contributed by atoms with van der Waals surface area (Å²) in [6.07, 6.45) is 0. The zero-order valence-electron chi connectivity index (χ0n) is 7.58. The maximum atomic E-state index is 11.4. The van der Waals surface area contributed by atoms with Gasteiger partial charge in [0.05, 0.1) is 10.9 Å². The van der Waals surface area contributed by atoms with E-state index in [1.54, 1.807) is 19.2 Å². The molecule has 0 radical (unpaired) electrons. The summed E-state index contributed by atoms with van der Waals surface area (Å²) in [7, 11) is 1.55. The molecule has 0 spiro atoms. The highest BCUT2D eigenvalue weighted by Gasteiger charge is 2.10. The van der Waals surface area contributed by atoms with E-state index >= 15 is 0 Å². The van der Waals surface area contributed by atoms with Crippen LogP contribution in [0.1, 0.15) is 0 Å². The third kappa shape index (κ3) is 1.68. The standard InChI is InChI=1S/C9H5Br2NO3/c1-12-7-5(8(13)15-9(12)14)2-4(10)3-6(7)11/h2-3H,1H3. The van der Waals surface area contributed by atoms with Gasteiger partial charge < -0.3 is 4.42 Å². The van der Waals surface area contributed by atoms with Crippen molar-refractivity contribution in [2.24, 2.45) is 7.05 Å². The second kappa shape index (κ2) is 3.61. The summed E-state index contributed by atoms with van der Waals surface area (Å²) >= 11 is 6.56. The van der Waals surface area contributed by atoms with Crippen molar-refractivity contribution in [1.82, 2.24) is 4.57 Å². The first-order chi connectivity index (χ1) is 7.00. The van der Waals surface area contributed by atoms with Gasteiger partial charge in [0.15, 0.2) is 0 Å². The number of aromatic nitrogens is 1. The van der Waals surface area contributed by atoms with E-state index in [1.807, 2.05) is 0 Å². The molecule has 0 saturated carbocycles. The largest absolute Gasteiger partial charge is 0.422 e. The van der Waals surface area contributed by atoms with E-state index in [0.717, 1.165) is 4.47 Å². The van der Waals surface area contributed by atoms with Gasteiger partial charge >= 0.3 is 11.4 Å². The summed E-state index contributed by atoms with van der Waals surface area (Å²) in [5.74, 6) is -0.671. The van der Waals surface area contributed by atoms with E-state index in [-0.39, 0.29) is 0 Å². The van der Waals surface area contributed by atoms with E-state index in [2.05, 4.69) is 36.3 Å². The molecule has 4 nitrogen and oxygen atoms in total. The first kappa shape index (κ1) is 10.6. The van der Waals surface area contributed by atoms with Crippen molar-refractivity contribution in [1.29, 1.82) is 0 Å². The fourth-order valence-corrected chi connectivity index (χ4v) is 2.85. The molecule has 0 atom stereocenters. The van der Waals surface area contributed by atoms with E-state index < -0.39 is 11.4 Å². The van der Waals surface area contributed by atoms with Crippen molar-refractivity contribution in [3.63, 3.8) is 0 Å². The van der Waals surface area contributed by atoms with Crippen LogP contribution < -0.4 is 11.4 Å². The minimum Gasteiger partial charge on any atom is -0.372 e. The van der Waals surface area contributed by atoms with E-state index in [9.17, 15) is 9.59 Å². The van der Waals surface area contributed by atoms with Crippen LogP contribution in [-0.4, -0.2) is 4.57 Å². The Bertz CT molecular complexity index is 657. The lowest BCUT2D eigenvalue weighted by atomic mass is 10.2. The highest BCUT2D eigenvalue weighted by Crippen LogP contribution is 2.25. The molecule has 0 aliphatic heterocycles. The minimum atomic E-state index is -0.671. The monoisotopic (exact) mass is 333 g/mol. The van der Waals surface area contributed by atoms with Crippen molar-refractivity contribution in [2.75, 3.05) is 0 Å².